The Hall–Kier alpha value is -2.17. The first-order valence-electron chi connectivity index (χ1n) is 8.72. The first-order valence-corrected chi connectivity index (χ1v) is 9.09. The minimum atomic E-state index is 0.357. The van der Waals surface area contributed by atoms with Crippen LogP contribution < -0.4 is 11.1 Å². The lowest BCUT2D eigenvalue weighted by atomic mass is 9.91. The van der Waals surface area contributed by atoms with Crippen LogP contribution in [0.15, 0.2) is 48.8 Å². The molecule has 0 amide bonds. The van der Waals surface area contributed by atoms with E-state index in [0.29, 0.717) is 17.2 Å². The number of nitrogens with one attached hydrogen (secondary N) is 1. The molecule has 0 atom stereocenters. The Morgan fingerprint density at radius 2 is 1.68 bits per heavy atom. The molecule has 128 valence electrons. The second-order valence-electron chi connectivity index (χ2n) is 6.71. The molecule has 1 aromatic carbocycles. The van der Waals surface area contributed by atoms with E-state index in [1.807, 2.05) is 18.3 Å². The SMILES string of the molecule is NC1CCC(Nc2ccnc3ccc(-c4ccnc(Cl)c4)cc23)CC1. The minimum Gasteiger partial charge on any atom is -0.382 e. The molecular weight excluding hydrogens is 332 g/mol. The van der Waals surface area contributed by atoms with Crippen LogP contribution in [0.2, 0.25) is 5.15 Å². The zero-order chi connectivity index (χ0) is 17.2. The van der Waals surface area contributed by atoms with E-state index in [0.717, 1.165) is 53.4 Å². The van der Waals surface area contributed by atoms with Crippen molar-refractivity contribution < 1.29 is 0 Å². The van der Waals surface area contributed by atoms with Crippen molar-refractivity contribution in [3.63, 3.8) is 0 Å². The molecule has 25 heavy (non-hydrogen) atoms. The number of hydrogen-bond donors (Lipinski definition) is 2. The van der Waals surface area contributed by atoms with Crippen molar-refractivity contribution in [2.75, 3.05) is 5.32 Å². The Labute approximate surface area is 152 Å². The molecule has 1 fully saturated rings. The van der Waals surface area contributed by atoms with E-state index in [4.69, 9.17) is 17.3 Å². The minimum absolute atomic E-state index is 0.357. The molecular formula is C20H21ClN4. The van der Waals surface area contributed by atoms with E-state index in [-0.39, 0.29) is 0 Å². The van der Waals surface area contributed by atoms with E-state index in [1.165, 1.54) is 0 Å². The van der Waals surface area contributed by atoms with Crippen molar-refractivity contribution in [1.29, 1.82) is 0 Å². The fraction of sp³-hybridized carbons (Fsp3) is 0.300. The Balaban J connectivity index is 1.68. The summed E-state index contributed by atoms with van der Waals surface area (Å²) in [7, 11) is 0. The van der Waals surface area contributed by atoms with Crippen LogP contribution in [0.25, 0.3) is 22.0 Å². The summed E-state index contributed by atoms with van der Waals surface area (Å²) in [5.41, 5.74) is 10.3. The molecule has 0 bridgehead atoms. The summed E-state index contributed by atoms with van der Waals surface area (Å²) in [5, 5.41) is 5.33. The standard InChI is InChI=1S/C20H21ClN4/c21-20-12-14(7-9-24-20)13-1-6-18-17(11-13)19(8-10-23-18)25-16-4-2-15(22)3-5-16/h1,6-12,15-16H,2-5,22H2,(H,23,25). The van der Waals surface area contributed by atoms with Crippen molar-refractivity contribution >= 4 is 28.2 Å². The first kappa shape index (κ1) is 16.3. The fourth-order valence-corrected chi connectivity index (χ4v) is 3.69. The quantitative estimate of drug-likeness (QED) is 0.674. The zero-order valence-corrected chi connectivity index (χ0v) is 14.7. The van der Waals surface area contributed by atoms with Gasteiger partial charge < -0.3 is 11.1 Å². The van der Waals surface area contributed by atoms with Crippen LogP contribution in [0.4, 0.5) is 5.69 Å². The summed E-state index contributed by atoms with van der Waals surface area (Å²) in [6.07, 6.45) is 8.00. The predicted octanol–water partition coefficient (Wildman–Crippen LogP) is 4.63. The van der Waals surface area contributed by atoms with Crippen molar-refractivity contribution in [2.24, 2.45) is 5.73 Å². The zero-order valence-electron chi connectivity index (χ0n) is 14.0. The molecule has 2 heterocycles. The largest absolute Gasteiger partial charge is 0.382 e. The van der Waals surface area contributed by atoms with Crippen molar-refractivity contribution in [1.82, 2.24) is 9.97 Å². The smallest absolute Gasteiger partial charge is 0.129 e. The third-order valence-corrected chi connectivity index (χ3v) is 5.14. The van der Waals surface area contributed by atoms with Gasteiger partial charge in [-0.15, -0.1) is 0 Å². The van der Waals surface area contributed by atoms with Gasteiger partial charge in [-0.3, -0.25) is 4.98 Å². The summed E-state index contributed by atoms with van der Waals surface area (Å²) < 4.78 is 0. The maximum Gasteiger partial charge on any atom is 0.129 e. The highest BCUT2D eigenvalue weighted by Gasteiger charge is 2.19. The lowest BCUT2D eigenvalue weighted by Gasteiger charge is -2.28. The number of hydrogen-bond acceptors (Lipinski definition) is 4. The number of benzene rings is 1. The van der Waals surface area contributed by atoms with E-state index in [9.17, 15) is 0 Å². The third kappa shape index (κ3) is 3.60. The Kier molecular flexibility index (Phi) is 4.55. The molecule has 5 heteroatoms. The highest BCUT2D eigenvalue weighted by atomic mass is 35.5. The van der Waals surface area contributed by atoms with E-state index in [2.05, 4.69) is 39.6 Å². The number of halogens is 1. The maximum absolute atomic E-state index is 6.04. The number of fused-ring (bicyclic) bond motifs is 1. The second kappa shape index (κ2) is 6.98. The molecule has 4 rings (SSSR count). The predicted molar refractivity (Wildman–Crippen MR) is 104 cm³/mol. The first-order chi connectivity index (χ1) is 12.2. The molecule has 0 unspecified atom stereocenters. The Morgan fingerprint density at radius 3 is 2.48 bits per heavy atom. The van der Waals surface area contributed by atoms with Gasteiger partial charge in [0.15, 0.2) is 0 Å². The van der Waals surface area contributed by atoms with Crippen LogP contribution in [0.3, 0.4) is 0 Å². The van der Waals surface area contributed by atoms with Gasteiger partial charge in [0.25, 0.3) is 0 Å². The highest BCUT2D eigenvalue weighted by molar-refractivity contribution is 6.29. The summed E-state index contributed by atoms with van der Waals surface area (Å²) in [6.45, 7) is 0. The summed E-state index contributed by atoms with van der Waals surface area (Å²) in [6, 6.07) is 13.0. The summed E-state index contributed by atoms with van der Waals surface area (Å²) in [5.74, 6) is 0. The van der Waals surface area contributed by atoms with Crippen LogP contribution in [-0.2, 0) is 0 Å². The molecule has 0 spiro atoms. The third-order valence-electron chi connectivity index (χ3n) is 4.93. The van der Waals surface area contributed by atoms with Gasteiger partial charge >= 0.3 is 0 Å². The normalized spacial score (nSPS) is 20.6. The Morgan fingerprint density at radius 1 is 0.920 bits per heavy atom. The number of nitrogens with two attached hydrogens (primary N) is 1. The van der Waals surface area contributed by atoms with Gasteiger partial charge in [-0.1, -0.05) is 17.7 Å². The molecule has 0 radical (unpaired) electrons. The molecule has 1 saturated carbocycles. The molecule has 0 aliphatic heterocycles. The topological polar surface area (TPSA) is 63.8 Å². The van der Waals surface area contributed by atoms with Crippen molar-refractivity contribution in [2.45, 2.75) is 37.8 Å². The van der Waals surface area contributed by atoms with Gasteiger partial charge in [0.05, 0.1) is 5.52 Å². The van der Waals surface area contributed by atoms with Crippen LogP contribution in [0.1, 0.15) is 25.7 Å². The van der Waals surface area contributed by atoms with Gasteiger partial charge in [-0.05, 0) is 67.1 Å². The van der Waals surface area contributed by atoms with E-state index >= 15 is 0 Å². The molecule has 4 nitrogen and oxygen atoms in total. The van der Waals surface area contributed by atoms with Crippen LogP contribution >= 0.6 is 11.6 Å². The van der Waals surface area contributed by atoms with Gasteiger partial charge in [-0.25, -0.2) is 4.98 Å². The van der Waals surface area contributed by atoms with Crippen LogP contribution in [0.5, 0.6) is 0 Å². The molecule has 3 N–H and O–H groups in total. The van der Waals surface area contributed by atoms with E-state index in [1.54, 1.807) is 6.20 Å². The van der Waals surface area contributed by atoms with E-state index < -0.39 is 0 Å². The lowest BCUT2D eigenvalue weighted by Crippen LogP contribution is -2.32. The fourth-order valence-electron chi connectivity index (χ4n) is 3.52. The monoisotopic (exact) mass is 352 g/mol. The van der Waals surface area contributed by atoms with Crippen LogP contribution in [-0.4, -0.2) is 22.1 Å². The number of aromatic nitrogens is 2. The summed E-state index contributed by atoms with van der Waals surface area (Å²) in [4.78, 5) is 8.56. The van der Waals surface area contributed by atoms with Gasteiger partial charge in [0.2, 0.25) is 0 Å². The second-order valence-corrected chi connectivity index (χ2v) is 7.10. The van der Waals surface area contributed by atoms with Gasteiger partial charge in [0, 0.05) is 35.6 Å². The average molecular weight is 353 g/mol. The number of pyridine rings is 2. The molecule has 2 aromatic heterocycles. The maximum atomic E-state index is 6.04. The average Bonchev–Trinajstić information content (AvgIpc) is 2.63. The lowest BCUT2D eigenvalue weighted by molar-refractivity contribution is 0.411. The Bertz CT molecular complexity index is 888. The van der Waals surface area contributed by atoms with Crippen molar-refractivity contribution in [3.8, 4) is 11.1 Å². The van der Waals surface area contributed by atoms with Crippen LogP contribution in [0, 0.1) is 0 Å². The molecule has 0 saturated heterocycles. The molecule has 1 aliphatic carbocycles. The number of nitrogens with zero attached hydrogens (tertiary/aromatic N) is 2. The number of anilines is 1. The van der Waals surface area contributed by atoms with Gasteiger partial charge in [0.1, 0.15) is 5.15 Å². The molecule has 1 aliphatic rings. The van der Waals surface area contributed by atoms with Crippen molar-refractivity contribution in [3.05, 3.63) is 53.9 Å². The number of rotatable bonds is 3. The molecule has 3 aromatic rings. The highest BCUT2D eigenvalue weighted by Crippen LogP contribution is 2.30. The van der Waals surface area contributed by atoms with Gasteiger partial charge in [-0.2, -0.15) is 0 Å². The summed E-state index contributed by atoms with van der Waals surface area (Å²) >= 11 is 6.04.